The first-order valence-corrected chi connectivity index (χ1v) is 9.75. The van der Waals surface area contributed by atoms with E-state index < -0.39 is 0 Å². The molecule has 0 amide bonds. The average molecular weight is 307 g/mol. The van der Waals surface area contributed by atoms with Crippen molar-refractivity contribution in [3.8, 4) is 0 Å². The third kappa shape index (κ3) is 17.5. The molecule has 0 heteroatoms. The van der Waals surface area contributed by atoms with E-state index in [1.807, 2.05) is 0 Å². The van der Waals surface area contributed by atoms with Gasteiger partial charge in [-0.25, -0.2) is 0 Å². The highest BCUT2D eigenvalue weighted by Crippen LogP contribution is 2.24. The third-order valence-corrected chi connectivity index (χ3v) is 4.27. The van der Waals surface area contributed by atoms with Gasteiger partial charge >= 0.3 is 0 Å². The number of hydrogen-bond donors (Lipinski definition) is 0. The molecule has 0 radical (unpaired) electrons. The summed E-state index contributed by atoms with van der Waals surface area (Å²) >= 11 is 0. The maximum Gasteiger partial charge on any atom is -0.0169 e. The summed E-state index contributed by atoms with van der Waals surface area (Å²) < 4.78 is 0. The van der Waals surface area contributed by atoms with Crippen LogP contribution in [-0.2, 0) is 0 Å². The lowest BCUT2D eigenvalue weighted by Gasteiger charge is -2.19. The van der Waals surface area contributed by atoms with Crippen molar-refractivity contribution < 1.29 is 0 Å². The summed E-state index contributed by atoms with van der Waals surface area (Å²) in [6.45, 7) is 11.7. The van der Waals surface area contributed by atoms with Crippen LogP contribution in [-0.4, -0.2) is 0 Å². The van der Waals surface area contributed by atoms with Crippen molar-refractivity contribution in [3.05, 3.63) is 24.3 Å². The monoisotopic (exact) mass is 306 g/mol. The standard InChI is InChI=1S/C22H42/c1-6-7-8-9-10-11-12-13-14-15-16-18-21(2)19-17-20-22(3,4)5/h10-11,13-14,21H,6-9,12,15-20H2,1-5H3/b11-10-,14-13-. The van der Waals surface area contributed by atoms with E-state index in [1.54, 1.807) is 0 Å². The van der Waals surface area contributed by atoms with Crippen molar-refractivity contribution >= 4 is 0 Å². The Morgan fingerprint density at radius 1 is 0.773 bits per heavy atom. The highest BCUT2D eigenvalue weighted by molar-refractivity contribution is 4.92. The van der Waals surface area contributed by atoms with Gasteiger partial charge in [0, 0.05) is 0 Å². The van der Waals surface area contributed by atoms with Crippen LogP contribution in [0.4, 0.5) is 0 Å². The first-order chi connectivity index (χ1) is 10.5. The fraction of sp³-hybridized carbons (Fsp3) is 0.818. The fourth-order valence-corrected chi connectivity index (χ4v) is 2.73. The zero-order valence-electron chi connectivity index (χ0n) is 16.2. The summed E-state index contributed by atoms with van der Waals surface area (Å²) in [5.41, 5.74) is 0.506. The van der Waals surface area contributed by atoms with Crippen LogP contribution in [0.1, 0.15) is 105 Å². The number of hydrogen-bond acceptors (Lipinski definition) is 0. The normalized spacial score (nSPS) is 14.2. The molecule has 0 aliphatic carbocycles. The Morgan fingerprint density at radius 2 is 1.36 bits per heavy atom. The molecule has 1 atom stereocenters. The minimum absolute atomic E-state index is 0.506. The SMILES string of the molecule is CCCCC/C=C\C/C=C\CCCC(C)CCCC(C)(C)C. The second-order valence-corrected chi connectivity index (χ2v) is 8.16. The van der Waals surface area contributed by atoms with E-state index in [1.165, 1.54) is 64.2 Å². The molecule has 0 N–H and O–H groups in total. The molecule has 1 unspecified atom stereocenters. The van der Waals surface area contributed by atoms with Crippen molar-refractivity contribution in [2.45, 2.75) is 105 Å². The van der Waals surface area contributed by atoms with Crippen molar-refractivity contribution in [3.63, 3.8) is 0 Å². The maximum atomic E-state index is 2.42. The van der Waals surface area contributed by atoms with Gasteiger partial charge in [-0.2, -0.15) is 0 Å². The molecule has 0 heterocycles. The molecule has 22 heavy (non-hydrogen) atoms. The number of unbranched alkanes of at least 4 members (excludes halogenated alkanes) is 4. The molecule has 0 saturated carbocycles. The Hall–Kier alpha value is -0.520. The smallest absolute Gasteiger partial charge is 0.0169 e. The van der Waals surface area contributed by atoms with E-state index in [0.29, 0.717) is 5.41 Å². The van der Waals surface area contributed by atoms with Crippen LogP contribution in [0.15, 0.2) is 24.3 Å². The lowest BCUT2D eigenvalue weighted by Crippen LogP contribution is -2.05. The van der Waals surface area contributed by atoms with Crippen LogP contribution in [0.3, 0.4) is 0 Å². The number of allylic oxidation sites excluding steroid dienone is 4. The van der Waals surface area contributed by atoms with E-state index in [-0.39, 0.29) is 0 Å². The Bertz CT molecular complexity index is 277. The summed E-state index contributed by atoms with van der Waals surface area (Å²) in [6.07, 6.45) is 24.0. The van der Waals surface area contributed by atoms with E-state index in [9.17, 15) is 0 Å². The summed E-state index contributed by atoms with van der Waals surface area (Å²) in [7, 11) is 0. The van der Waals surface area contributed by atoms with Crippen LogP contribution in [0.25, 0.3) is 0 Å². The quantitative estimate of drug-likeness (QED) is 0.238. The highest BCUT2D eigenvalue weighted by atomic mass is 14.2. The van der Waals surface area contributed by atoms with Gasteiger partial charge in [0.1, 0.15) is 0 Å². The van der Waals surface area contributed by atoms with Gasteiger partial charge in [0.05, 0.1) is 0 Å². The maximum absolute atomic E-state index is 2.42. The summed E-state index contributed by atoms with van der Waals surface area (Å²) in [6, 6.07) is 0. The second-order valence-electron chi connectivity index (χ2n) is 8.16. The number of rotatable bonds is 13. The van der Waals surface area contributed by atoms with E-state index >= 15 is 0 Å². The minimum Gasteiger partial charge on any atom is -0.0882 e. The lowest BCUT2D eigenvalue weighted by atomic mass is 9.87. The Kier molecular flexibility index (Phi) is 13.8. The van der Waals surface area contributed by atoms with Crippen LogP contribution in [0.2, 0.25) is 0 Å². The molecule has 130 valence electrons. The molecule has 0 fully saturated rings. The van der Waals surface area contributed by atoms with Gasteiger partial charge in [-0.3, -0.25) is 0 Å². The Labute approximate surface area is 141 Å². The van der Waals surface area contributed by atoms with Gasteiger partial charge < -0.3 is 0 Å². The molecule has 0 nitrogen and oxygen atoms in total. The summed E-state index contributed by atoms with van der Waals surface area (Å²) in [5, 5.41) is 0. The lowest BCUT2D eigenvalue weighted by molar-refractivity contribution is 0.337. The zero-order chi connectivity index (χ0) is 16.7. The van der Waals surface area contributed by atoms with Crippen LogP contribution in [0, 0.1) is 11.3 Å². The van der Waals surface area contributed by atoms with E-state index in [0.717, 1.165) is 12.3 Å². The molecule has 0 rings (SSSR count). The first-order valence-electron chi connectivity index (χ1n) is 9.75. The van der Waals surface area contributed by atoms with Crippen LogP contribution < -0.4 is 0 Å². The molecule has 0 aromatic rings. The first kappa shape index (κ1) is 21.5. The van der Waals surface area contributed by atoms with Crippen LogP contribution >= 0.6 is 0 Å². The molecule has 0 aromatic heterocycles. The topological polar surface area (TPSA) is 0 Å². The molecule has 0 aliphatic rings. The predicted molar refractivity (Wildman–Crippen MR) is 103 cm³/mol. The molecule has 0 aromatic carbocycles. The van der Waals surface area contributed by atoms with Gasteiger partial charge in [0.2, 0.25) is 0 Å². The van der Waals surface area contributed by atoms with E-state index in [4.69, 9.17) is 0 Å². The molecule has 0 bridgehead atoms. The van der Waals surface area contributed by atoms with Gasteiger partial charge in [0.15, 0.2) is 0 Å². The molecule has 0 aliphatic heterocycles. The minimum atomic E-state index is 0.506. The average Bonchev–Trinajstić information content (AvgIpc) is 2.43. The van der Waals surface area contributed by atoms with Crippen molar-refractivity contribution in [1.29, 1.82) is 0 Å². The van der Waals surface area contributed by atoms with Crippen molar-refractivity contribution in [2.24, 2.45) is 11.3 Å². The summed E-state index contributed by atoms with van der Waals surface area (Å²) in [4.78, 5) is 0. The van der Waals surface area contributed by atoms with Gasteiger partial charge in [-0.1, -0.05) is 91.0 Å². The van der Waals surface area contributed by atoms with Gasteiger partial charge in [-0.05, 0) is 49.9 Å². The Balaban J connectivity index is 3.42. The van der Waals surface area contributed by atoms with Crippen molar-refractivity contribution in [1.82, 2.24) is 0 Å². The largest absolute Gasteiger partial charge is 0.0882 e. The van der Waals surface area contributed by atoms with Crippen molar-refractivity contribution in [2.75, 3.05) is 0 Å². The molecular weight excluding hydrogens is 264 g/mol. The van der Waals surface area contributed by atoms with Gasteiger partial charge in [0.25, 0.3) is 0 Å². The Morgan fingerprint density at radius 3 is 1.95 bits per heavy atom. The fourth-order valence-electron chi connectivity index (χ4n) is 2.73. The van der Waals surface area contributed by atoms with Gasteiger partial charge in [-0.15, -0.1) is 0 Å². The highest BCUT2D eigenvalue weighted by Gasteiger charge is 2.10. The summed E-state index contributed by atoms with van der Waals surface area (Å²) in [5.74, 6) is 0.897. The third-order valence-electron chi connectivity index (χ3n) is 4.27. The molecule has 0 saturated heterocycles. The molecule has 0 spiro atoms. The second kappa shape index (κ2) is 14.1. The zero-order valence-corrected chi connectivity index (χ0v) is 16.2. The predicted octanol–water partition coefficient (Wildman–Crippen LogP) is 8.09. The van der Waals surface area contributed by atoms with E-state index in [2.05, 4.69) is 58.9 Å². The molecular formula is C22H42. The van der Waals surface area contributed by atoms with Crippen LogP contribution in [0.5, 0.6) is 0 Å².